The molecule has 10 heteroatoms. The molecule has 0 bridgehead atoms. The van der Waals surface area contributed by atoms with Crippen LogP contribution in [-0.2, 0) is 26.6 Å². The predicted octanol–water partition coefficient (Wildman–Crippen LogP) is 3.21. The fraction of sp³-hybridized carbons (Fsp3) is 0.526. The van der Waals surface area contributed by atoms with Crippen LogP contribution < -0.4 is 0 Å². The van der Waals surface area contributed by atoms with Gasteiger partial charge in [-0.2, -0.15) is 5.10 Å². The second-order valence-corrected chi connectivity index (χ2v) is 6.38. The summed E-state index contributed by atoms with van der Waals surface area (Å²) in [7, 11) is 2.72. The first-order valence-corrected chi connectivity index (χ1v) is 8.74. The molecule has 2 rings (SSSR count). The standard InChI is InChI=1S/C19H26N4O6/c1-5-22-17(15(12-21-22)23(26)27)14-8-10-20-16(11-14)19(28-3,29-4)9-6-7-13(2)18(24)25/h8,10-13H,5-7,9H2,1-4H3,(H,24,25)/t13-/m1/s1/i1D3,5D2. The van der Waals surface area contributed by atoms with Crippen molar-refractivity contribution in [2.45, 2.75) is 45.3 Å². The van der Waals surface area contributed by atoms with Gasteiger partial charge in [0.15, 0.2) is 0 Å². The molecule has 0 aliphatic carbocycles. The van der Waals surface area contributed by atoms with E-state index in [-0.39, 0.29) is 23.4 Å². The molecular formula is C19H26N4O6. The summed E-state index contributed by atoms with van der Waals surface area (Å²) in [6, 6.07) is 2.71. The maximum Gasteiger partial charge on any atom is 0.314 e. The lowest BCUT2D eigenvalue weighted by atomic mass is 9.97. The zero-order valence-corrected chi connectivity index (χ0v) is 16.3. The van der Waals surface area contributed by atoms with Crippen molar-refractivity contribution in [2.75, 3.05) is 14.2 Å². The second-order valence-electron chi connectivity index (χ2n) is 6.38. The molecule has 0 fully saturated rings. The number of carboxylic acids is 1. The summed E-state index contributed by atoms with van der Waals surface area (Å²) in [6.45, 7) is -4.64. The third-order valence-corrected chi connectivity index (χ3v) is 4.70. The van der Waals surface area contributed by atoms with Gasteiger partial charge in [0.2, 0.25) is 5.79 Å². The average Bonchev–Trinajstić information content (AvgIpc) is 3.22. The Balaban J connectivity index is 2.59. The van der Waals surface area contributed by atoms with Gasteiger partial charge >= 0.3 is 11.7 Å². The van der Waals surface area contributed by atoms with Crippen LogP contribution in [0.4, 0.5) is 5.69 Å². The van der Waals surface area contributed by atoms with Crippen molar-refractivity contribution in [3.8, 4) is 11.3 Å². The van der Waals surface area contributed by atoms with Gasteiger partial charge < -0.3 is 14.6 Å². The molecule has 2 aromatic heterocycles. The van der Waals surface area contributed by atoms with E-state index < -0.39 is 41.6 Å². The van der Waals surface area contributed by atoms with Gasteiger partial charge in [-0.15, -0.1) is 0 Å². The normalized spacial score (nSPS) is 16.2. The first kappa shape index (κ1) is 16.0. The highest BCUT2D eigenvalue weighted by molar-refractivity contribution is 5.70. The van der Waals surface area contributed by atoms with Gasteiger partial charge in [0.1, 0.15) is 17.6 Å². The van der Waals surface area contributed by atoms with Crippen LogP contribution in [0, 0.1) is 16.0 Å². The Labute approximate surface area is 175 Å². The quantitative estimate of drug-likeness (QED) is 0.339. The lowest BCUT2D eigenvalue weighted by Gasteiger charge is -2.30. The van der Waals surface area contributed by atoms with E-state index in [0.717, 1.165) is 6.20 Å². The molecule has 10 nitrogen and oxygen atoms in total. The lowest BCUT2D eigenvalue weighted by molar-refractivity contribution is -0.384. The van der Waals surface area contributed by atoms with E-state index in [1.54, 1.807) is 6.92 Å². The number of rotatable bonds is 11. The molecular weight excluding hydrogens is 380 g/mol. The number of hydrogen-bond donors (Lipinski definition) is 1. The number of carboxylic acid groups (broad SMARTS) is 1. The van der Waals surface area contributed by atoms with Crippen LogP contribution in [0.3, 0.4) is 0 Å². The molecule has 0 aromatic carbocycles. The van der Waals surface area contributed by atoms with Gasteiger partial charge in [0.25, 0.3) is 0 Å². The molecule has 1 atom stereocenters. The molecule has 0 aliphatic rings. The zero-order chi connectivity index (χ0) is 25.9. The number of aromatic nitrogens is 3. The summed E-state index contributed by atoms with van der Waals surface area (Å²) in [4.78, 5) is 26.2. The van der Waals surface area contributed by atoms with E-state index in [4.69, 9.17) is 21.4 Å². The van der Waals surface area contributed by atoms with Gasteiger partial charge in [-0.05, 0) is 31.8 Å². The van der Waals surface area contributed by atoms with Crippen LogP contribution in [-0.4, -0.2) is 45.0 Å². The minimum Gasteiger partial charge on any atom is -0.481 e. The fourth-order valence-electron chi connectivity index (χ4n) is 3.00. The Bertz CT molecular complexity index is 1040. The summed E-state index contributed by atoms with van der Waals surface area (Å²) in [5, 5.41) is 24.4. The zero-order valence-electron chi connectivity index (χ0n) is 21.3. The molecule has 2 aromatic rings. The molecule has 0 unspecified atom stereocenters. The average molecular weight is 411 g/mol. The van der Waals surface area contributed by atoms with Gasteiger partial charge in [-0.1, -0.05) is 6.92 Å². The van der Waals surface area contributed by atoms with Crippen molar-refractivity contribution >= 4 is 11.7 Å². The topological polar surface area (TPSA) is 130 Å². The van der Waals surface area contributed by atoms with Crippen LogP contribution in [0.5, 0.6) is 0 Å². The van der Waals surface area contributed by atoms with E-state index in [0.29, 0.717) is 17.5 Å². The predicted molar refractivity (Wildman–Crippen MR) is 104 cm³/mol. The number of hydrogen-bond acceptors (Lipinski definition) is 7. The van der Waals surface area contributed by atoms with Crippen molar-refractivity contribution in [1.29, 1.82) is 0 Å². The third-order valence-electron chi connectivity index (χ3n) is 4.70. The Hall–Kier alpha value is -2.85. The van der Waals surface area contributed by atoms with Gasteiger partial charge in [-0.25, -0.2) is 0 Å². The highest BCUT2D eigenvalue weighted by Crippen LogP contribution is 2.35. The van der Waals surface area contributed by atoms with Gasteiger partial charge in [0.05, 0.1) is 13.6 Å². The summed E-state index contributed by atoms with van der Waals surface area (Å²) in [5.74, 6) is -2.97. The number of nitrogens with zero attached hydrogens (tertiary/aromatic N) is 4. The van der Waals surface area contributed by atoms with Gasteiger partial charge in [-0.3, -0.25) is 24.6 Å². The number of nitro groups is 1. The third kappa shape index (κ3) is 4.77. The summed E-state index contributed by atoms with van der Waals surface area (Å²) in [6.07, 6.45) is 3.00. The minimum absolute atomic E-state index is 0.0692. The molecule has 0 amide bonds. The molecule has 0 spiro atoms. The summed E-state index contributed by atoms with van der Waals surface area (Å²) >= 11 is 0. The maximum absolute atomic E-state index is 11.6. The lowest BCUT2D eigenvalue weighted by Crippen LogP contribution is -2.32. The van der Waals surface area contributed by atoms with E-state index in [1.807, 2.05) is 0 Å². The second kappa shape index (κ2) is 9.57. The molecule has 29 heavy (non-hydrogen) atoms. The van der Waals surface area contributed by atoms with Crippen LogP contribution in [0.25, 0.3) is 11.3 Å². The number of pyridine rings is 1. The summed E-state index contributed by atoms with van der Waals surface area (Å²) < 4.78 is 50.3. The van der Waals surface area contributed by atoms with Crippen molar-refractivity contribution < 1.29 is 31.2 Å². The van der Waals surface area contributed by atoms with Crippen LogP contribution >= 0.6 is 0 Å². The van der Waals surface area contributed by atoms with Crippen molar-refractivity contribution in [1.82, 2.24) is 14.8 Å². The molecule has 0 saturated heterocycles. The largest absolute Gasteiger partial charge is 0.481 e. The molecule has 0 aliphatic heterocycles. The molecule has 158 valence electrons. The van der Waals surface area contributed by atoms with E-state index >= 15 is 0 Å². The smallest absolute Gasteiger partial charge is 0.314 e. The number of aryl methyl sites for hydroxylation is 1. The van der Waals surface area contributed by atoms with Crippen molar-refractivity contribution in [3.63, 3.8) is 0 Å². The van der Waals surface area contributed by atoms with Crippen LogP contribution in [0.2, 0.25) is 0 Å². The Kier molecular flexibility index (Phi) is 5.28. The Morgan fingerprint density at radius 1 is 1.52 bits per heavy atom. The number of ether oxygens (including phenoxy) is 2. The monoisotopic (exact) mass is 411 g/mol. The summed E-state index contributed by atoms with van der Waals surface area (Å²) in [5.41, 5.74) is -0.717. The number of carbonyl (C=O) groups is 1. The molecule has 0 saturated carbocycles. The number of methoxy groups -OCH3 is 2. The maximum atomic E-state index is 11.6. The molecule has 2 heterocycles. The molecule has 1 N–H and O–H groups in total. The Morgan fingerprint density at radius 3 is 2.83 bits per heavy atom. The van der Waals surface area contributed by atoms with Crippen LogP contribution in [0.1, 0.15) is 45.6 Å². The van der Waals surface area contributed by atoms with Crippen molar-refractivity contribution in [3.05, 3.63) is 40.3 Å². The van der Waals surface area contributed by atoms with Crippen molar-refractivity contribution in [2.24, 2.45) is 5.92 Å². The van der Waals surface area contributed by atoms with E-state index in [1.165, 1.54) is 32.5 Å². The number of aliphatic carboxylic acids is 1. The van der Waals surface area contributed by atoms with E-state index in [9.17, 15) is 14.9 Å². The minimum atomic E-state index is -3.17. The highest BCUT2D eigenvalue weighted by Gasteiger charge is 2.34. The Morgan fingerprint density at radius 2 is 2.24 bits per heavy atom. The fourth-order valence-corrected chi connectivity index (χ4v) is 3.00. The van der Waals surface area contributed by atoms with Crippen LogP contribution in [0.15, 0.2) is 24.5 Å². The molecule has 0 radical (unpaired) electrons. The first-order valence-electron chi connectivity index (χ1n) is 11.2. The SMILES string of the molecule is [2H]C([2H])([2H])C([2H])([2H])n1ncc([N+](=O)[O-])c1-c1ccnc(C(CCC[C@@H](C)C(=O)O)(OC)OC)c1. The van der Waals surface area contributed by atoms with E-state index in [2.05, 4.69) is 10.1 Å². The first-order chi connectivity index (χ1) is 15.7. The van der Waals surface area contributed by atoms with Gasteiger partial charge in [0, 0.05) is 43.0 Å². The highest BCUT2D eigenvalue weighted by atomic mass is 16.7.